The average molecular weight is 330 g/mol. The van der Waals surface area contributed by atoms with Crippen molar-refractivity contribution in [2.45, 2.75) is 25.9 Å². The third kappa shape index (κ3) is 3.19. The van der Waals surface area contributed by atoms with Crippen LogP contribution in [0.5, 0.6) is 0 Å². The lowest BCUT2D eigenvalue weighted by atomic mass is 9.95. The SMILES string of the molecule is Cc1cccc(NC(=O)C2(C)CC(c3ccccc3Cl)=NO2)n1. The van der Waals surface area contributed by atoms with Crippen LogP contribution in [0.15, 0.2) is 47.6 Å². The van der Waals surface area contributed by atoms with Gasteiger partial charge in [0.2, 0.25) is 5.60 Å². The zero-order valence-corrected chi connectivity index (χ0v) is 13.6. The van der Waals surface area contributed by atoms with E-state index in [1.54, 1.807) is 19.1 Å². The van der Waals surface area contributed by atoms with Crippen molar-refractivity contribution in [3.05, 3.63) is 58.7 Å². The number of hydrogen-bond donors (Lipinski definition) is 1. The summed E-state index contributed by atoms with van der Waals surface area (Å²) in [5, 5.41) is 7.40. The molecule has 2 aromatic rings. The number of nitrogens with zero attached hydrogens (tertiary/aromatic N) is 2. The van der Waals surface area contributed by atoms with Gasteiger partial charge in [0.1, 0.15) is 5.82 Å². The van der Waals surface area contributed by atoms with E-state index in [0.29, 0.717) is 23.0 Å². The predicted octanol–water partition coefficient (Wildman–Crippen LogP) is 3.57. The van der Waals surface area contributed by atoms with Gasteiger partial charge < -0.3 is 10.2 Å². The van der Waals surface area contributed by atoms with Gasteiger partial charge in [-0.1, -0.05) is 41.0 Å². The molecule has 1 aromatic carbocycles. The van der Waals surface area contributed by atoms with Crippen molar-refractivity contribution in [3.8, 4) is 0 Å². The number of nitrogens with one attached hydrogen (secondary N) is 1. The number of aromatic nitrogens is 1. The lowest BCUT2D eigenvalue weighted by molar-refractivity contribution is -0.135. The van der Waals surface area contributed by atoms with E-state index >= 15 is 0 Å². The van der Waals surface area contributed by atoms with Crippen molar-refractivity contribution < 1.29 is 9.63 Å². The Morgan fingerprint density at radius 3 is 2.78 bits per heavy atom. The maximum atomic E-state index is 12.5. The molecule has 1 unspecified atom stereocenters. The number of halogens is 1. The van der Waals surface area contributed by atoms with Gasteiger partial charge in [-0.3, -0.25) is 4.79 Å². The van der Waals surface area contributed by atoms with Gasteiger partial charge in [-0.2, -0.15) is 0 Å². The molecule has 6 heteroatoms. The molecule has 0 saturated heterocycles. The zero-order valence-electron chi connectivity index (χ0n) is 12.8. The van der Waals surface area contributed by atoms with Gasteiger partial charge in [-0.15, -0.1) is 0 Å². The molecule has 1 N–H and O–H groups in total. The van der Waals surface area contributed by atoms with Crippen molar-refractivity contribution >= 4 is 29.0 Å². The Morgan fingerprint density at radius 1 is 1.26 bits per heavy atom. The van der Waals surface area contributed by atoms with E-state index in [1.807, 2.05) is 37.3 Å². The minimum atomic E-state index is -1.08. The number of amides is 1. The molecule has 0 fully saturated rings. The number of rotatable bonds is 3. The first kappa shape index (κ1) is 15.5. The smallest absolute Gasteiger partial charge is 0.272 e. The monoisotopic (exact) mass is 329 g/mol. The second kappa shape index (κ2) is 6.01. The van der Waals surface area contributed by atoms with Crippen molar-refractivity contribution in [1.29, 1.82) is 0 Å². The van der Waals surface area contributed by atoms with E-state index in [4.69, 9.17) is 16.4 Å². The average Bonchev–Trinajstić information content (AvgIpc) is 2.91. The predicted molar refractivity (Wildman–Crippen MR) is 89.7 cm³/mol. The fourth-order valence-corrected chi connectivity index (χ4v) is 2.61. The number of hydrogen-bond acceptors (Lipinski definition) is 4. The van der Waals surface area contributed by atoms with Crippen LogP contribution in [0.2, 0.25) is 5.02 Å². The summed E-state index contributed by atoms with van der Waals surface area (Å²) in [4.78, 5) is 22.2. The number of carbonyl (C=O) groups excluding carboxylic acids is 1. The van der Waals surface area contributed by atoms with Crippen LogP contribution in [0.4, 0.5) is 5.82 Å². The van der Waals surface area contributed by atoms with Crippen LogP contribution < -0.4 is 5.32 Å². The van der Waals surface area contributed by atoms with Crippen molar-refractivity contribution in [2.24, 2.45) is 5.16 Å². The van der Waals surface area contributed by atoms with Crippen LogP contribution in [-0.4, -0.2) is 22.2 Å². The summed E-state index contributed by atoms with van der Waals surface area (Å²) >= 11 is 6.18. The number of oxime groups is 1. The van der Waals surface area contributed by atoms with E-state index in [9.17, 15) is 4.79 Å². The minimum absolute atomic E-state index is 0.290. The largest absolute Gasteiger partial charge is 0.379 e. The normalized spacial score (nSPS) is 19.9. The van der Waals surface area contributed by atoms with Gasteiger partial charge in [0.25, 0.3) is 5.91 Å². The first-order chi connectivity index (χ1) is 11.0. The summed E-state index contributed by atoms with van der Waals surface area (Å²) in [5.41, 5.74) is 1.18. The molecular weight excluding hydrogens is 314 g/mol. The number of aryl methyl sites for hydroxylation is 1. The third-order valence-corrected chi connectivity index (χ3v) is 3.99. The summed E-state index contributed by atoms with van der Waals surface area (Å²) < 4.78 is 0. The third-order valence-electron chi connectivity index (χ3n) is 3.66. The van der Waals surface area contributed by atoms with Crippen LogP contribution in [0.1, 0.15) is 24.6 Å². The Balaban J connectivity index is 1.74. The molecule has 0 saturated carbocycles. The number of benzene rings is 1. The Morgan fingerprint density at radius 2 is 2.04 bits per heavy atom. The molecule has 1 aliphatic heterocycles. The highest BCUT2D eigenvalue weighted by atomic mass is 35.5. The van der Waals surface area contributed by atoms with E-state index in [2.05, 4.69) is 15.5 Å². The van der Waals surface area contributed by atoms with Crippen LogP contribution in [0, 0.1) is 6.92 Å². The molecule has 1 atom stereocenters. The summed E-state index contributed by atoms with van der Waals surface area (Å²) in [6.45, 7) is 3.56. The van der Waals surface area contributed by atoms with Crippen molar-refractivity contribution in [3.63, 3.8) is 0 Å². The van der Waals surface area contributed by atoms with Gasteiger partial charge >= 0.3 is 0 Å². The number of pyridine rings is 1. The zero-order chi connectivity index (χ0) is 16.4. The van der Waals surface area contributed by atoms with Crippen molar-refractivity contribution in [2.75, 3.05) is 5.32 Å². The number of carbonyl (C=O) groups is 1. The van der Waals surface area contributed by atoms with Gasteiger partial charge in [0, 0.05) is 22.7 Å². The first-order valence-corrected chi connectivity index (χ1v) is 7.61. The first-order valence-electron chi connectivity index (χ1n) is 7.23. The molecule has 118 valence electrons. The minimum Gasteiger partial charge on any atom is -0.379 e. The van der Waals surface area contributed by atoms with Crippen LogP contribution >= 0.6 is 11.6 Å². The summed E-state index contributed by atoms with van der Waals surface area (Å²) in [7, 11) is 0. The Hall–Kier alpha value is -2.40. The van der Waals surface area contributed by atoms with Gasteiger partial charge in [0.05, 0.1) is 5.71 Å². The summed E-state index contributed by atoms with van der Waals surface area (Å²) in [6, 6.07) is 12.8. The summed E-state index contributed by atoms with van der Waals surface area (Å²) in [5.74, 6) is 0.201. The molecule has 1 amide bonds. The Labute approximate surface area is 139 Å². The Bertz CT molecular complexity index is 791. The second-order valence-corrected chi connectivity index (χ2v) is 6.04. The van der Waals surface area contributed by atoms with Gasteiger partial charge in [-0.05, 0) is 32.0 Å². The molecule has 5 nitrogen and oxygen atoms in total. The van der Waals surface area contributed by atoms with Crippen LogP contribution in [0.3, 0.4) is 0 Å². The fourth-order valence-electron chi connectivity index (χ4n) is 2.36. The number of anilines is 1. The summed E-state index contributed by atoms with van der Waals surface area (Å²) in [6.07, 6.45) is 0.342. The van der Waals surface area contributed by atoms with Gasteiger partial charge in [-0.25, -0.2) is 4.98 Å². The maximum Gasteiger partial charge on any atom is 0.272 e. The maximum absolute atomic E-state index is 12.5. The molecule has 3 rings (SSSR count). The molecule has 0 aliphatic carbocycles. The molecule has 23 heavy (non-hydrogen) atoms. The molecule has 1 aromatic heterocycles. The lowest BCUT2D eigenvalue weighted by Crippen LogP contribution is -2.40. The molecule has 2 heterocycles. The molecule has 0 bridgehead atoms. The molecular formula is C17H16ClN3O2. The molecule has 0 spiro atoms. The Kier molecular flexibility index (Phi) is 4.05. The van der Waals surface area contributed by atoms with E-state index < -0.39 is 5.60 Å². The fraction of sp³-hybridized carbons (Fsp3) is 0.235. The molecule has 1 aliphatic rings. The van der Waals surface area contributed by atoms with Crippen LogP contribution in [-0.2, 0) is 9.63 Å². The second-order valence-electron chi connectivity index (χ2n) is 5.64. The topological polar surface area (TPSA) is 63.6 Å². The highest BCUT2D eigenvalue weighted by Gasteiger charge is 2.42. The lowest BCUT2D eigenvalue weighted by Gasteiger charge is -2.20. The highest BCUT2D eigenvalue weighted by molar-refractivity contribution is 6.34. The van der Waals surface area contributed by atoms with E-state index in [-0.39, 0.29) is 5.91 Å². The van der Waals surface area contributed by atoms with E-state index in [0.717, 1.165) is 11.3 Å². The standard InChI is InChI=1S/C17H16ClN3O2/c1-11-6-5-9-15(19-11)20-16(22)17(2)10-14(21-23-17)12-7-3-4-8-13(12)18/h3-9H,10H2,1-2H3,(H,19,20,22). The van der Waals surface area contributed by atoms with Gasteiger partial charge in [0.15, 0.2) is 0 Å². The quantitative estimate of drug-likeness (QED) is 0.936. The highest BCUT2D eigenvalue weighted by Crippen LogP contribution is 2.30. The van der Waals surface area contributed by atoms with E-state index in [1.165, 1.54) is 0 Å². The van der Waals surface area contributed by atoms with Crippen LogP contribution in [0.25, 0.3) is 0 Å². The van der Waals surface area contributed by atoms with Crippen molar-refractivity contribution in [1.82, 2.24) is 4.98 Å². The molecule has 0 radical (unpaired) electrons.